The number of ether oxygens (including phenoxy) is 1. The van der Waals surface area contributed by atoms with Crippen LogP contribution in [0.25, 0.3) is 6.08 Å². The van der Waals surface area contributed by atoms with Crippen molar-refractivity contribution >= 4 is 6.08 Å². The molecule has 0 radical (unpaired) electrons. The van der Waals surface area contributed by atoms with Crippen molar-refractivity contribution in [3.05, 3.63) is 30.3 Å². The summed E-state index contributed by atoms with van der Waals surface area (Å²) in [6.07, 6.45) is 1.78. The zero-order valence-electron chi connectivity index (χ0n) is 9.95. The largest absolute Gasteiger partial charge is 0.508 e. The van der Waals surface area contributed by atoms with Gasteiger partial charge in [0.15, 0.2) is 0 Å². The van der Waals surface area contributed by atoms with Crippen LogP contribution in [0, 0.1) is 0 Å². The molecule has 1 N–H and O–H groups in total. The molecule has 0 aliphatic heterocycles. The molecule has 0 aliphatic rings. The summed E-state index contributed by atoms with van der Waals surface area (Å²) in [5.41, 5.74) is 0.857. The fourth-order valence-corrected chi connectivity index (χ4v) is 1.06. The van der Waals surface area contributed by atoms with Gasteiger partial charge in [-0.2, -0.15) is 0 Å². The van der Waals surface area contributed by atoms with Crippen molar-refractivity contribution in [2.24, 2.45) is 0 Å². The zero-order chi connectivity index (χ0) is 11.8. The number of rotatable bonds is 3. The summed E-state index contributed by atoms with van der Waals surface area (Å²) < 4.78 is 5.43. The maximum absolute atomic E-state index is 9.31. The van der Waals surface area contributed by atoms with Gasteiger partial charge in [-0.3, -0.25) is 0 Å². The molecule has 15 heavy (non-hydrogen) atoms. The van der Waals surface area contributed by atoms with Crippen LogP contribution < -0.4 is 4.74 Å². The fourth-order valence-electron chi connectivity index (χ4n) is 1.06. The minimum Gasteiger partial charge on any atom is -0.508 e. The van der Waals surface area contributed by atoms with Crippen molar-refractivity contribution in [3.63, 3.8) is 0 Å². The van der Waals surface area contributed by atoms with Crippen LogP contribution in [0.3, 0.4) is 0 Å². The van der Waals surface area contributed by atoms with E-state index in [-0.39, 0.29) is 11.9 Å². The van der Waals surface area contributed by atoms with Gasteiger partial charge in [0.05, 0.1) is 6.10 Å². The summed E-state index contributed by atoms with van der Waals surface area (Å²) in [5, 5.41) is 9.31. The van der Waals surface area contributed by atoms with Gasteiger partial charge in [0.2, 0.25) is 0 Å². The van der Waals surface area contributed by atoms with Crippen LogP contribution in [0.2, 0.25) is 0 Å². The number of hydrogen-bond acceptors (Lipinski definition) is 2. The molecule has 0 saturated heterocycles. The van der Waals surface area contributed by atoms with Crippen molar-refractivity contribution < 1.29 is 9.84 Å². The number of aromatic hydroxyl groups is 1. The third-order valence-electron chi connectivity index (χ3n) is 1.52. The monoisotopic (exact) mass is 208 g/mol. The minimum atomic E-state index is 0.111. The predicted molar refractivity (Wildman–Crippen MR) is 65.3 cm³/mol. The lowest BCUT2D eigenvalue weighted by molar-refractivity contribution is 0.241. The van der Waals surface area contributed by atoms with E-state index in [0.29, 0.717) is 5.75 Å². The lowest BCUT2D eigenvalue weighted by Gasteiger charge is -2.10. The molecular formula is C13H20O2. The molecule has 1 aromatic rings. The molecule has 0 bridgehead atoms. The van der Waals surface area contributed by atoms with Gasteiger partial charge in [-0.1, -0.05) is 26.5 Å². The third kappa shape index (κ3) is 5.11. The van der Waals surface area contributed by atoms with E-state index < -0.39 is 0 Å². The summed E-state index contributed by atoms with van der Waals surface area (Å²) in [4.78, 5) is 0. The average molecular weight is 208 g/mol. The molecule has 0 unspecified atom stereocenters. The predicted octanol–water partition coefficient (Wildman–Crippen LogP) is 3.85. The first-order valence-electron chi connectivity index (χ1n) is 5.25. The topological polar surface area (TPSA) is 29.5 Å². The van der Waals surface area contributed by atoms with E-state index in [1.807, 2.05) is 33.8 Å². The molecule has 0 spiro atoms. The van der Waals surface area contributed by atoms with Crippen LogP contribution in [-0.2, 0) is 0 Å². The molecule has 0 aliphatic carbocycles. The zero-order valence-corrected chi connectivity index (χ0v) is 9.95. The maximum Gasteiger partial charge on any atom is 0.123 e. The average Bonchev–Trinajstić information content (AvgIpc) is 2.18. The van der Waals surface area contributed by atoms with Gasteiger partial charge in [-0.25, -0.2) is 0 Å². The summed E-state index contributed by atoms with van der Waals surface area (Å²) >= 11 is 0. The quantitative estimate of drug-likeness (QED) is 0.817. The summed E-state index contributed by atoms with van der Waals surface area (Å²) in [7, 11) is 0. The van der Waals surface area contributed by atoms with E-state index in [1.165, 1.54) is 0 Å². The molecule has 2 nitrogen and oxygen atoms in total. The second-order valence-corrected chi connectivity index (χ2v) is 3.13. The molecule has 2 heteroatoms. The Hall–Kier alpha value is -1.44. The number of phenols is 1. The van der Waals surface area contributed by atoms with Crippen molar-refractivity contribution in [1.82, 2.24) is 0 Å². The fraction of sp³-hybridized carbons (Fsp3) is 0.385. The normalized spacial score (nSPS) is 9.13. The second-order valence-electron chi connectivity index (χ2n) is 3.13. The van der Waals surface area contributed by atoms with Gasteiger partial charge in [0.25, 0.3) is 0 Å². The molecule has 0 atom stereocenters. The Balaban J connectivity index is 0.000000921. The van der Waals surface area contributed by atoms with Gasteiger partial charge in [0, 0.05) is 6.07 Å². The number of benzene rings is 1. The molecule has 0 saturated carbocycles. The first-order chi connectivity index (χ1) is 7.11. The molecule has 1 aromatic carbocycles. The molecule has 0 amide bonds. The Labute approximate surface area is 92.2 Å². The lowest BCUT2D eigenvalue weighted by Crippen LogP contribution is -2.05. The minimum absolute atomic E-state index is 0.111. The van der Waals surface area contributed by atoms with Gasteiger partial charge in [-0.05, 0) is 31.5 Å². The number of hydrogen-bond donors (Lipinski definition) is 1. The summed E-state index contributed by atoms with van der Waals surface area (Å²) in [6, 6.07) is 5.07. The summed E-state index contributed by atoms with van der Waals surface area (Å²) in [5.74, 6) is 0.873. The van der Waals surface area contributed by atoms with Crippen LogP contribution in [0.4, 0.5) is 0 Å². The Morgan fingerprint density at radius 2 is 1.87 bits per heavy atom. The summed E-state index contributed by atoms with van der Waals surface area (Å²) in [6.45, 7) is 11.5. The van der Waals surface area contributed by atoms with E-state index in [4.69, 9.17) is 4.74 Å². The standard InChI is InChI=1S/C11H14O2.C2H6/c1-4-9-5-10(12)7-11(6-9)13-8(2)3;1-2/h4-8,12H,1H2,2-3H3;1-2H3. The third-order valence-corrected chi connectivity index (χ3v) is 1.52. The number of phenolic OH excluding ortho intramolecular Hbond substituents is 1. The Morgan fingerprint density at radius 1 is 1.27 bits per heavy atom. The van der Waals surface area contributed by atoms with Crippen molar-refractivity contribution in [2.45, 2.75) is 33.8 Å². The van der Waals surface area contributed by atoms with E-state index in [2.05, 4.69) is 6.58 Å². The highest BCUT2D eigenvalue weighted by atomic mass is 16.5. The van der Waals surface area contributed by atoms with Crippen LogP contribution in [0.15, 0.2) is 24.8 Å². The van der Waals surface area contributed by atoms with Gasteiger partial charge >= 0.3 is 0 Å². The van der Waals surface area contributed by atoms with E-state index in [1.54, 1.807) is 18.2 Å². The van der Waals surface area contributed by atoms with Gasteiger partial charge in [-0.15, -0.1) is 0 Å². The molecule has 0 heterocycles. The second kappa shape index (κ2) is 6.93. The SMILES string of the molecule is C=Cc1cc(O)cc(OC(C)C)c1.CC. The molecule has 1 rings (SSSR count). The highest BCUT2D eigenvalue weighted by molar-refractivity contribution is 5.53. The van der Waals surface area contributed by atoms with Crippen LogP contribution in [0.5, 0.6) is 11.5 Å². The Morgan fingerprint density at radius 3 is 2.33 bits per heavy atom. The highest BCUT2D eigenvalue weighted by Gasteiger charge is 2.00. The molecule has 84 valence electrons. The van der Waals surface area contributed by atoms with E-state index in [0.717, 1.165) is 5.56 Å². The molecule has 0 aromatic heterocycles. The van der Waals surface area contributed by atoms with Crippen LogP contribution in [-0.4, -0.2) is 11.2 Å². The van der Waals surface area contributed by atoms with E-state index >= 15 is 0 Å². The lowest BCUT2D eigenvalue weighted by atomic mass is 10.2. The van der Waals surface area contributed by atoms with Gasteiger partial charge in [0.1, 0.15) is 11.5 Å². The van der Waals surface area contributed by atoms with Gasteiger partial charge < -0.3 is 9.84 Å². The van der Waals surface area contributed by atoms with Crippen molar-refractivity contribution in [3.8, 4) is 11.5 Å². The van der Waals surface area contributed by atoms with Crippen LogP contribution in [0.1, 0.15) is 33.3 Å². The Kier molecular flexibility index (Phi) is 6.27. The Bertz CT molecular complexity index is 303. The highest BCUT2D eigenvalue weighted by Crippen LogP contribution is 2.23. The van der Waals surface area contributed by atoms with Crippen molar-refractivity contribution in [2.75, 3.05) is 0 Å². The first-order valence-corrected chi connectivity index (χ1v) is 5.25. The smallest absolute Gasteiger partial charge is 0.123 e. The molecule has 0 fully saturated rings. The van der Waals surface area contributed by atoms with Crippen molar-refractivity contribution in [1.29, 1.82) is 0 Å². The molecular weight excluding hydrogens is 188 g/mol. The first kappa shape index (κ1) is 13.6. The van der Waals surface area contributed by atoms with Crippen LogP contribution >= 0.6 is 0 Å². The van der Waals surface area contributed by atoms with E-state index in [9.17, 15) is 5.11 Å². The maximum atomic E-state index is 9.31.